The van der Waals surface area contributed by atoms with Crippen molar-refractivity contribution in [3.63, 3.8) is 0 Å². The number of hydrogen-bond donors (Lipinski definition) is 2. The molecule has 0 radical (unpaired) electrons. The van der Waals surface area contributed by atoms with Gasteiger partial charge < -0.3 is 24.7 Å². The second kappa shape index (κ2) is 9.77. The van der Waals surface area contributed by atoms with E-state index in [1.165, 1.54) is 6.92 Å². The maximum absolute atomic E-state index is 13.4. The Labute approximate surface area is 203 Å². The molecule has 0 fully saturated rings. The van der Waals surface area contributed by atoms with Crippen LogP contribution in [-0.2, 0) is 17.9 Å². The van der Waals surface area contributed by atoms with Crippen LogP contribution in [0.1, 0.15) is 40.3 Å². The van der Waals surface area contributed by atoms with Crippen LogP contribution in [-0.4, -0.2) is 16.7 Å². The molecule has 0 bridgehead atoms. The van der Waals surface area contributed by atoms with Gasteiger partial charge in [0.05, 0.1) is 18.4 Å². The first kappa shape index (κ1) is 22.3. The molecule has 0 aliphatic carbocycles. The average molecular weight is 468 g/mol. The van der Waals surface area contributed by atoms with Gasteiger partial charge in [-0.15, -0.1) is 0 Å². The Balaban J connectivity index is 1.38. The Morgan fingerprint density at radius 1 is 1.03 bits per heavy atom. The van der Waals surface area contributed by atoms with Crippen molar-refractivity contribution in [1.82, 2.24) is 4.90 Å². The molecular weight excluding hydrogens is 442 g/mol. The molecule has 4 aromatic rings. The number of rotatable bonds is 7. The van der Waals surface area contributed by atoms with Crippen LogP contribution in [0.5, 0.6) is 5.75 Å². The lowest BCUT2D eigenvalue weighted by Crippen LogP contribution is -2.42. The number of hydrogen-bond acceptors (Lipinski definition) is 5. The standard InChI is InChI=1S/C28H25N3O4/c1-19(32)29-22-9-5-10-23(16-22)35-18-20-7-4-8-21(15-20)27-30-26-13-3-2-12-25(26)28(33)31(27)17-24-11-6-14-34-24/h2-16,27,30H,17-18H2,1H3,(H,29,32). The van der Waals surface area contributed by atoms with Crippen molar-refractivity contribution < 1.29 is 18.7 Å². The number of amides is 2. The Morgan fingerprint density at radius 3 is 2.71 bits per heavy atom. The molecule has 2 amide bonds. The number of anilines is 2. The highest BCUT2D eigenvalue weighted by atomic mass is 16.5. The monoisotopic (exact) mass is 467 g/mol. The SMILES string of the molecule is CC(=O)Nc1cccc(OCc2cccc(C3Nc4ccccc4C(=O)N3Cc3ccco3)c2)c1. The van der Waals surface area contributed by atoms with Gasteiger partial charge in [0.2, 0.25) is 5.91 Å². The van der Waals surface area contributed by atoms with Gasteiger partial charge in [-0.25, -0.2) is 0 Å². The number of nitrogens with zero attached hydrogens (tertiary/aromatic N) is 1. The molecule has 3 aromatic carbocycles. The predicted octanol–water partition coefficient (Wildman–Crippen LogP) is 5.58. The Kier molecular flexibility index (Phi) is 6.22. The molecule has 2 N–H and O–H groups in total. The van der Waals surface area contributed by atoms with Crippen LogP contribution >= 0.6 is 0 Å². The minimum atomic E-state index is -0.370. The van der Waals surface area contributed by atoms with Crippen molar-refractivity contribution in [2.75, 3.05) is 10.6 Å². The smallest absolute Gasteiger partial charge is 0.258 e. The van der Waals surface area contributed by atoms with E-state index in [-0.39, 0.29) is 18.0 Å². The quantitative estimate of drug-likeness (QED) is 0.371. The molecule has 0 saturated carbocycles. The number of nitrogens with one attached hydrogen (secondary N) is 2. The summed E-state index contributed by atoms with van der Waals surface area (Å²) in [5.74, 6) is 1.17. The molecule has 7 heteroatoms. The summed E-state index contributed by atoms with van der Waals surface area (Å²) in [5.41, 5.74) is 4.01. The van der Waals surface area contributed by atoms with Crippen LogP contribution in [0.25, 0.3) is 0 Å². The molecule has 35 heavy (non-hydrogen) atoms. The van der Waals surface area contributed by atoms with Crippen LogP contribution in [0.2, 0.25) is 0 Å². The van der Waals surface area contributed by atoms with E-state index in [9.17, 15) is 9.59 Å². The molecule has 0 saturated heterocycles. The van der Waals surface area contributed by atoms with Gasteiger partial charge in [-0.2, -0.15) is 0 Å². The molecule has 7 nitrogen and oxygen atoms in total. The second-order valence-corrected chi connectivity index (χ2v) is 8.35. The van der Waals surface area contributed by atoms with Crippen molar-refractivity contribution in [1.29, 1.82) is 0 Å². The maximum atomic E-state index is 13.4. The molecule has 176 valence electrons. The summed E-state index contributed by atoms with van der Waals surface area (Å²) in [4.78, 5) is 26.5. The van der Waals surface area contributed by atoms with Crippen LogP contribution < -0.4 is 15.4 Å². The fourth-order valence-corrected chi connectivity index (χ4v) is 4.18. The zero-order chi connectivity index (χ0) is 24.2. The van der Waals surface area contributed by atoms with Crippen LogP contribution in [0.15, 0.2) is 95.6 Å². The van der Waals surface area contributed by atoms with E-state index >= 15 is 0 Å². The number of carbonyl (C=O) groups is 2. The summed E-state index contributed by atoms with van der Waals surface area (Å²) >= 11 is 0. The first-order chi connectivity index (χ1) is 17.1. The number of ether oxygens (including phenoxy) is 1. The van der Waals surface area contributed by atoms with Crippen molar-refractivity contribution in [2.45, 2.75) is 26.2 Å². The Hall–Kier alpha value is -4.52. The minimum Gasteiger partial charge on any atom is -0.489 e. The van der Waals surface area contributed by atoms with E-state index < -0.39 is 0 Å². The zero-order valence-corrected chi connectivity index (χ0v) is 19.2. The first-order valence-electron chi connectivity index (χ1n) is 11.3. The van der Waals surface area contributed by atoms with E-state index in [1.54, 1.807) is 17.2 Å². The zero-order valence-electron chi connectivity index (χ0n) is 19.2. The summed E-state index contributed by atoms with van der Waals surface area (Å²) < 4.78 is 11.5. The Bertz CT molecular complexity index is 1350. The number of para-hydroxylation sites is 1. The molecule has 1 atom stereocenters. The third kappa shape index (κ3) is 5.04. The van der Waals surface area contributed by atoms with Crippen LogP contribution in [0.4, 0.5) is 11.4 Å². The lowest BCUT2D eigenvalue weighted by atomic mass is 10.0. The molecule has 1 aliphatic heterocycles. The molecule has 5 rings (SSSR count). The van der Waals surface area contributed by atoms with Crippen LogP contribution in [0.3, 0.4) is 0 Å². The molecular formula is C28H25N3O4. The van der Waals surface area contributed by atoms with Gasteiger partial charge in [0.1, 0.15) is 24.3 Å². The second-order valence-electron chi connectivity index (χ2n) is 8.35. The Morgan fingerprint density at radius 2 is 1.89 bits per heavy atom. The average Bonchev–Trinajstić information content (AvgIpc) is 3.38. The van der Waals surface area contributed by atoms with E-state index in [0.29, 0.717) is 35.9 Å². The fourth-order valence-electron chi connectivity index (χ4n) is 4.18. The van der Waals surface area contributed by atoms with Gasteiger partial charge in [-0.3, -0.25) is 9.59 Å². The normalized spacial score (nSPS) is 14.7. The van der Waals surface area contributed by atoms with E-state index in [0.717, 1.165) is 16.8 Å². The first-order valence-corrected chi connectivity index (χ1v) is 11.3. The van der Waals surface area contributed by atoms with Gasteiger partial charge in [-0.05, 0) is 53.6 Å². The van der Waals surface area contributed by atoms with Crippen molar-refractivity contribution in [3.8, 4) is 5.75 Å². The minimum absolute atomic E-state index is 0.0582. The molecule has 2 heterocycles. The van der Waals surface area contributed by atoms with Gasteiger partial charge >= 0.3 is 0 Å². The summed E-state index contributed by atoms with van der Waals surface area (Å²) in [7, 11) is 0. The lowest BCUT2D eigenvalue weighted by Gasteiger charge is -2.37. The highest BCUT2D eigenvalue weighted by Gasteiger charge is 2.33. The summed E-state index contributed by atoms with van der Waals surface area (Å²) in [6, 6.07) is 26.5. The molecule has 1 unspecified atom stereocenters. The molecule has 1 aromatic heterocycles. The number of fused-ring (bicyclic) bond motifs is 1. The van der Waals surface area contributed by atoms with Gasteiger partial charge in [0.15, 0.2) is 0 Å². The molecule has 0 spiro atoms. The highest BCUT2D eigenvalue weighted by Crippen LogP contribution is 2.34. The highest BCUT2D eigenvalue weighted by molar-refractivity contribution is 6.01. The van der Waals surface area contributed by atoms with Crippen molar-refractivity contribution in [2.24, 2.45) is 0 Å². The lowest BCUT2D eigenvalue weighted by molar-refractivity contribution is -0.114. The van der Waals surface area contributed by atoms with Crippen molar-refractivity contribution >= 4 is 23.2 Å². The van der Waals surface area contributed by atoms with Gasteiger partial charge in [0.25, 0.3) is 5.91 Å². The third-order valence-electron chi connectivity index (χ3n) is 5.76. The van der Waals surface area contributed by atoms with Gasteiger partial charge in [-0.1, -0.05) is 36.4 Å². The predicted molar refractivity (Wildman–Crippen MR) is 133 cm³/mol. The largest absolute Gasteiger partial charge is 0.489 e. The summed E-state index contributed by atoms with van der Waals surface area (Å²) in [5, 5.41) is 6.27. The molecule has 1 aliphatic rings. The van der Waals surface area contributed by atoms with Gasteiger partial charge in [0, 0.05) is 24.4 Å². The third-order valence-corrected chi connectivity index (χ3v) is 5.76. The number of benzene rings is 3. The maximum Gasteiger partial charge on any atom is 0.258 e. The van der Waals surface area contributed by atoms with Crippen LogP contribution in [0, 0.1) is 0 Å². The van der Waals surface area contributed by atoms with E-state index in [4.69, 9.17) is 9.15 Å². The topological polar surface area (TPSA) is 83.8 Å². The number of furan rings is 1. The van der Waals surface area contributed by atoms with E-state index in [2.05, 4.69) is 10.6 Å². The fraction of sp³-hybridized carbons (Fsp3) is 0.143. The van der Waals surface area contributed by atoms with Crippen molar-refractivity contribution in [3.05, 3.63) is 114 Å². The summed E-state index contributed by atoms with van der Waals surface area (Å²) in [6.07, 6.45) is 1.24. The van der Waals surface area contributed by atoms with E-state index in [1.807, 2.05) is 78.9 Å². The summed E-state index contributed by atoms with van der Waals surface area (Å²) in [6.45, 7) is 2.15. The number of carbonyl (C=O) groups excluding carboxylic acids is 2.